The standard InChI is InChI=1S/C11H14F2N2O/c12-10-2-1-3-11(13)9(10)8-14-15-4-6-16-7-5-15/h1-3,14H,4-8H2. The highest BCUT2D eigenvalue weighted by atomic mass is 19.1. The van der Waals surface area contributed by atoms with E-state index in [1.165, 1.54) is 18.2 Å². The van der Waals surface area contributed by atoms with Crippen molar-refractivity contribution in [2.24, 2.45) is 0 Å². The van der Waals surface area contributed by atoms with Crippen molar-refractivity contribution in [3.63, 3.8) is 0 Å². The van der Waals surface area contributed by atoms with E-state index in [1.807, 2.05) is 5.01 Å². The maximum Gasteiger partial charge on any atom is 0.130 e. The van der Waals surface area contributed by atoms with Crippen LogP contribution in [0.4, 0.5) is 8.78 Å². The van der Waals surface area contributed by atoms with Gasteiger partial charge < -0.3 is 4.74 Å². The first-order valence-electron chi connectivity index (χ1n) is 5.26. The van der Waals surface area contributed by atoms with E-state index in [-0.39, 0.29) is 12.1 Å². The Morgan fingerprint density at radius 2 is 1.81 bits per heavy atom. The normalized spacial score (nSPS) is 17.6. The fourth-order valence-electron chi connectivity index (χ4n) is 1.61. The maximum atomic E-state index is 13.3. The second kappa shape index (κ2) is 5.34. The minimum Gasteiger partial charge on any atom is -0.379 e. The molecule has 0 saturated carbocycles. The van der Waals surface area contributed by atoms with E-state index in [0.29, 0.717) is 13.2 Å². The van der Waals surface area contributed by atoms with Crippen LogP contribution in [0.15, 0.2) is 18.2 Å². The molecule has 1 N–H and O–H groups in total. The third-order valence-electron chi connectivity index (χ3n) is 2.55. The first-order chi connectivity index (χ1) is 7.77. The van der Waals surface area contributed by atoms with E-state index in [2.05, 4.69) is 5.43 Å². The second-order valence-electron chi connectivity index (χ2n) is 3.63. The highest BCUT2D eigenvalue weighted by Gasteiger charge is 2.12. The quantitative estimate of drug-likeness (QED) is 0.844. The molecule has 0 aliphatic carbocycles. The average molecular weight is 228 g/mol. The van der Waals surface area contributed by atoms with Crippen LogP contribution in [-0.2, 0) is 11.3 Å². The summed E-state index contributed by atoms with van der Waals surface area (Å²) in [5.41, 5.74) is 3.07. The summed E-state index contributed by atoms with van der Waals surface area (Å²) in [6.45, 7) is 2.92. The number of nitrogens with zero attached hydrogens (tertiary/aromatic N) is 1. The van der Waals surface area contributed by atoms with E-state index < -0.39 is 11.6 Å². The lowest BCUT2D eigenvalue weighted by Gasteiger charge is -2.27. The summed E-state index contributed by atoms with van der Waals surface area (Å²) in [6.07, 6.45) is 0. The van der Waals surface area contributed by atoms with Gasteiger partial charge >= 0.3 is 0 Å². The van der Waals surface area contributed by atoms with Crippen molar-refractivity contribution < 1.29 is 13.5 Å². The number of benzene rings is 1. The van der Waals surface area contributed by atoms with Crippen molar-refractivity contribution in [1.29, 1.82) is 0 Å². The minimum absolute atomic E-state index is 0.0778. The summed E-state index contributed by atoms with van der Waals surface area (Å²) >= 11 is 0. The first-order valence-corrected chi connectivity index (χ1v) is 5.26. The topological polar surface area (TPSA) is 24.5 Å². The Kier molecular flexibility index (Phi) is 3.82. The smallest absolute Gasteiger partial charge is 0.130 e. The molecular weight excluding hydrogens is 214 g/mol. The van der Waals surface area contributed by atoms with Crippen molar-refractivity contribution in [3.05, 3.63) is 35.4 Å². The summed E-state index contributed by atoms with van der Waals surface area (Å²) in [4.78, 5) is 0. The number of rotatable bonds is 3. The van der Waals surface area contributed by atoms with Crippen LogP contribution in [0.25, 0.3) is 0 Å². The predicted molar refractivity (Wildman–Crippen MR) is 55.6 cm³/mol. The number of hydrogen-bond acceptors (Lipinski definition) is 3. The summed E-state index contributed by atoms with van der Waals surface area (Å²) < 4.78 is 31.7. The van der Waals surface area contributed by atoms with Gasteiger partial charge in [0.2, 0.25) is 0 Å². The molecule has 1 aromatic rings. The molecule has 0 bridgehead atoms. The van der Waals surface area contributed by atoms with Crippen LogP contribution in [0.5, 0.6) is 0 Å². The molecule has 1 heterocycles. The van der Waals surface area contributed by atoms with E-state index in [4.69, 9.17) is 4.74 Å². The lowest BCUT2D eigenvalue weighted by atomic mass is 10.2. The fraction of sp³-hybridized carbons (Fsp3) is 0.455. The van der Waals surface area contributed by atoms with Gasteiger partial charge in [-0.05, 0) is 12.1 Å². The van der Waals surface area contributed by atoms with Gasteiger partial charge in [0.05, 0.1) is 13.2 Å². The molecule has 88 valence electrons. The van der Waals surface area contributed by atoms with Gasteiger partial charge in [-0.1, -0.05) is 6.07 Å². The number of ether oxygens (including phenoxy) is 1. The largest absolute Gasteiger partial charge is 0.379 e. The molecule has 16 heavy (non-hydrogen) atoms. The van der Waals surface area contributed by atoms with Gasteiger partial charge in [-0.25, -0.2) is 13.8 Å². The number of halogens is 2. The van der Waals surface area contributed by atoms with E-state index in [9.17, 15) is 8.78 Å². The first kappa shape index (κ1) is 11.4. The van der Waals surface area contributed by atoms with E-state index >= 15 is 0 Å². The SMILES string of the molecule is Fc1cccc(F)c1CNN1CCOCC1. The third-order valence-corrected chi connectivity index (χ3v) is 2.55. The molecule has 0 spiro atoms. The van der Waals surface area contributed by atoms with Gasteiger partial charge in [0.1, 0.15) is 11.6 Å². The molecule has 3 nitrogen and oxygen atoms in total. The van der Waals surface area contributed by atoms with Gasteiger partial charge in [0.25, 0.3) is 0 Å². The molecule has 1 aromatic carbocycles. The third kappa shape index (κ3) is 2.75. The number of nitrogens with one attached hydrogen (secondary N) is 1. The van der Waals surface area contributed by atoms with Crippen molar-refractivity contribution in [2.75, 3.05) is 26.3 Å². The van der Waals surface area contributed by atoms with Gasteiger partial charge in [0.15, 0.2) is 0 Å². The zero-order valence-corrected chi connectivity index (χ0v) is 8.88. The van der Waals surface area contributed by atoms with Crippen LogP contribution in [-0.4, -0.2) is 31.3 Å². The van der Waals surface area contributed by atoms with E-state index in [1.54, 1.807) is 0 Å². The van der Waals surface area contributed by atoms with E-state index in [0.717, 1.165) is 13.1 Å². The molecule has 1 fully saturated rings. The van der Waals surface area contributed by atoms with Gasteiger partial charge in [0, 0.05) is 25.2 Å². The van der Waals surface area contributed by atoms with Crippen LogP contribution in [0.1, 0.15) is 5.56 Å². The van der Waals surface area contributed by atoms with Crippen molar-refractivity contribution in [1.82, 2.24) is 10.4 Å². The van der Waals surface area contributed by atoms with Crippen molar-refractivity contribution in [3.8, 4) is 0 Å². The van der Waals surface area contributed by atoms with Crippen molar-refractivity contribution in [2.45, 2.75) is 6.54 Å². The highest BCUT2D eigenvalue weighted by molar-refractivity contribution is 5.19. The van der Waals surface area contributed by atoms with Crippen LogP contribution < -0.4 is 5.43 Å². The van der Waals surface area contributed by atoms with Gasteiger partial charge in [-0.2, -0.15) is 0 Å². The molecule has 1 aliphatic heterocycles. The van der Waals surface area contributed by atoms with Crippen LogP contribution in [0.2, 0.25) is 0 Å². The molecular formula is C11H14F2N2O. The summed E-state index contributed by atoms with van der Waals surface area (Å²) in [7, 11) is 0. The van der Waals surface area contributed by atoms with Gasteiger partial charge in [-0.3, -0.25) is 5.43 Å². The molecule has 2 rings (SSSR count). The zero-order chi connectivity index (χ0) is 11.4. The molecule has 0 radical (unpaired) electrons. The Labute approximate surface area is 93.0 Å². The molecule has 0 aromatic heterocycles. The summed E-state index contributed by atoms with van der Waals surface area (Å²) in [5.74, 6) is -1.03. The molecule has 1 aliphatic rings. The molecule has 1 saturated heterocycles. The van der Waals surface area contributed by atoms with Crippen molar-refractivity contribution >= 4 is 0 Å². The summed E-state index contributed by atoms with van der Waals surface area (Å²) in [5, 5.41) is 1.91. The molecule has 0 atom stereocenters. The Bertz CT molecular complexity index is 334. The average Bonchev–Trinajstić information content (AvgIpc) is 2.30. The summed E-state index contributed by atoms with van der Waals surface area (Å²) in [6, 6.07) is 3.89. The van der Waals surface area contributed by atoms with Crippen LogP contribution >= 0.6 is 0 Å². The van der Waals surface area contributed by atoms with Crippen LogP contribution in [0, 0.1) is 11.6 Å². The molecule has 5 heteroatoms. The lowest BCUT2D eigenvalue weighted by molar-refractivity contribution is 0.0102. The Morgan fingerprint density at radius 1 is 1.19 bits per heavy atom. The Balaban J connectivity index is 1.93. The molecule has 0 unspecified atom stereocenters. The van der Waals surface area contributed by atoms with Gasteiger partial charge in [-0.15, -0.1) is 0 Å². The molecule has 0 amide bonds. The maximum absolute atomic E-state index is 13.3. The predicted octanol–water partition coefficient (Wildman–Crippen LogP) is 1.30. The monoisotopic (exact) mass is 228 g/mol. The number of hydrogen-bond donors (Lipinski definition) is 1. The number of hydrazine groups is 1. The second-order valence-corrected chi connectivity index (χ2v) is 3.63. The highest BCUT2D eigenvalue weighted by Crippen LogP contribution is 2.11. The fourth-order valence-corrected chi connectivity index (χ4v) is 1.61. The van der Waals surface area contributed by atoms with Crippen LogP contribution in [0.3, 0.4) is 0 Å². The minimum atomic E-state index is -0.513. The number of morpholine rings is 1. The lowest BCUT2D eigenvalue weighted by Crippen LogP contribution is -2.45. The Hall–Kier alpha value is -1.04. The zero-order valence-electron chi connectivity index (χ0n) is 8.88. The Morgan fingerprint density at radius 3 is 2.44 bits per heavy atom.